The van der Waals surface area contributed by atoms with Crippen LogP contribution in [-0.2, 0) is 11.3 Å². The third kappa shape index (κ3) is 5.93. The van der Waals surface area contributed by atoms with Crippen molar-refractivity contribution in [3.63, 3.8) is 0 Å². The molecule has 1 unspecified atom stereocenters. The Kier molecular flexibility index (Phi) is 7.50. The fourth-order valence-electron chi connectivity index (χ4n) is 4.23. The Labute approximate surface area is 174 Å². The Morgan fingerprint density at radius 3 is 2.34 bits per heavy atom. The summed E-state index contributed by atoms with van der Waals surface area (Å²) in [5.74, 6) is -0.0501. The Balaban J connectivity index is 1.49. The van der Waals surface area contributed by atoms with E-state index in [2.05, 4.69) is 39.7 Å². The maximum atomic E-state index is 13.0. The summed E-state index contributed by atoms with van der Waals surface area (Å²) in [6.07, 6.45) is 3.31. The highest BCUT2D eigenvalue weighted by Crippen LogP contribution is 2.30. The largest absolute Gasteiger partial charge is 0.353 e. The zero-order valence-corrected chi connectivity index (χ0v) is 17.7. The van der Waals surface area contributed by atoms with E-state index in [4.69, 9.17) is 0 Å². The van der Waals surface area contributed by atoms with Gasteiger partial charge in [-0.1, -0.05) is 43.2 Å². The SMILES string of the molecule is CC(CNC(=O)C1(NC(=O)NCc2ccccc2)CCCC1)N1CCN(C)CC1. The molecular weight excluding hydrogens is 366 g/mol. The number of nitrogens with one attached hydrogen (secondary N) is 3. The molecule has 0 radical (unpaired) electrons. The molecule has 2 aliphatic rings. The van der Waals surface area contributed by atoms with Crippen LogP contribution in [-0.4, -0.2) is 73.1 Å². The lowest BCUT2D eigenvalue weighted by Gasteiger charge is -2.37. The van der Waals surface area contributed by atoms with Gasteiger partial charge in [0.25, 0.3) is 0 Å². The van der Waals surface area contributed by atoms with Gasteiger partial charge in [0.2, 0.25) is 5.91 Å². The molecule has 29 heavy (non-hydrogen) atoms. The third-order valence-electron chi connectivity index (χ3n) is 6.26. The van der Waals surface area contributed by atoms with Gasteiger partial charge in [-0.15, -0.1) is 0 Å². The number of hydrogen-bond acceptors (Lipinski definition) is 4. The number of benzene rings is 1. The van der Waals surface area contributed by atoms with Crippen LogP contribution in [0, 0.1) is 0 Å². The summed E-state index contributed by atoms with van der Waals surface area (Å²) in [5, 5.41) is 8.99. The number of hydrogen-bond donors (Lipinski definition) is 3. The maximum Gasteiger partial charge on any atom is 0.315 e. The van der Waals surface area contributed by atoms with E-state index >= 15 is 0 Å². The number of urea groups is 1. The highest BCUT2D eigenvalue weighted by atomic mass is 16.2. The number of carbonyl (C=O) groups is 2. The second-order valence-corrected chi connectivity index (χ2v) is 8.48. The van der Waals surface area contributed by atoms with Gasteiger partial charge in [0, 0.05) is 45.3 Å². The molecule has 160 valence electrons. The lowest BCUT2D eigenvalue weighted by atomic mass is 9.96. The molecule has 7 nitrogen and oxygen atoms in total. The molecular formula is C22H35N5O2. The minimum Gasteiger partial charge on any atom is -0.353 e. The normalized spacial score (nSPS) is 20.8. The third-order valence-corrected chi connectivity index (χ3v) is 6.26. The lowest BCUT2D eigenvalue weighted by molar-refractivity contribution is -0.127. The minimum absolute atomic E-state index is 0.0501. The Morgan fingerprint density at radius 2 is 1.69 bits per heavy atom. The van der Waals surface area contributed by atoms with Gasteiger partial charge in [0.15, 0.2) is 0 Å². The van der Waals surface area contributed by atoms with Crippen molar-refractivity contribution < 1.29 is 9.59 Å². The zero-order chi connectivity index (χ0) is 20.7. The first-order valence-corrected chi connectivity index (χ1v) is 10.8. The molecule has 2 fully saturated rings. The molecule has 1 aromatic rings. The number of likely N-dealkylation sites (N-methyl/N-ethyl adjacent to an activating group) is 1. The monoisotopic (exact) mass is 401 g/mol. The number of piperazine rings is 1. The van der Waals surface area contributed by atoms with Crippen LogP contribution in [0.3, 0.4) is 0 Å². The summed E-state index contributed by atoms with van der Waals surface area (Å²) in [6.45, 7) is 7.39. The average Bonchev–Trinajstić information content (AvgIpc) is 3.21. The number of amides is 3. The number of rotatable bonds is 7. The Morgan fingerprint density at radius 1 is 1.03 bits per heavy atom. The van der Waals surface area contributed by atoms with Crippen molar-refractivity contribution in [1.82, 2.24) is 25.8 Å². The summed E-state index contributed by atoms with van der Waals surface area (Å²) in [5.41, 5.74) is 0.247. The van der Waals surface area contributed by atoms with Crippen LogP contribution in [0.15, 0.2) is 30.3 Å². The fourth-order valence-corrected chi connectivity index (χ4v) is 4.23. The molecule has 1 atom stereocenters. The van der Waals surface area contributed by atoms with Crippen LogP contribution in [0.5, 0.6) is 0 Å². The van der Waals surface area contributed by atoms with Gasteiger partial charge in [0.1, 0.15) is 5.54 Å². The molecule has 1 heterocycles. The van der Waals surface area contributed by atoms with Crippen LogP contribution in [0.25, 0.3) is 0 Å². The summed E-state index contributed by atoms with van der Waals surface area (Å²) in [7, 11) is 2.14. The van der Waals surface area contributed by atoms with E-state index in [-0.39, 0.29) is 18.0 Å². The molecule has 0 aromatic heterocycles. The van der Waals surface area contributed by atoms with Crippen molar-refractivity contribution in [3.8, 4) is 0 Å². The van der Waals surface area contributed by atoms with E-state index in [1.807, 2.05) is 30.3 Å². The molecule has 3 amide bonds. The Bertz CT molecular complexity index is 667. The molecule has 1 aliphatic carbocycles. The predicted molar refractivity (Wildman–Crippen MR) is 115 cm³/mol. The minimum atomic E-state index is -0.789. The van der Waals surface area contributed by atoms with Crippen molar-refractivity contribution in [2.45, 2.75) is 50.7 Å². The van der Waals surface area contributed by atoms with Crippen LogP contribution in [0.4, 0.5) is 4.79 Å². The van der Waals surface area contributed by atoms with Crippen LogP contribution >= 0.6 is 0 Å². The Hall–Kier alpha value is -2.12. The topological polar surface area (TPSA) is 76.7 Å². The smallest absolute Gasteiger partial charge is 0.315 e. The van der Waals surface area contributed by atoms with Gasteiger partial charge < -0.3 is 20.9 Å². The first-order valence-electron chi connectivity index (χ1n) is 10.8. The van der Waals surface area contributed by atoms with Gasteiger partial charge in [-0.3, -0.25) is 9.69 Å². The van der Waals surface area contributed by atoms with Gasteiger partial charge >= 0.3 is 6.03 Å². The highest BCUT2D eigenvalue weighted by Gasteiger charge is 2.42. The van der Waals surface area contributed by atoms with E-state index in [0.717, 1.165) is 44.6 Å². The molecule has 0 bridgehead atoms. The first-order chi connectivity index (χ1) is 14.0. The van der Waals surface area contributed by atoms with E-state index in [1.165, 1.54) is 0 Å². The van der Waals surface area contributed by atoms with Crippen molar-refractivity contribution in [3.05, 3.63) is 35.9 Å². The van der Waals surface area contributed by atoms with Crippen LogP contribution in [0.1, 0.15) is 38.2 Å². The zero-order valence-electron chi connectivity index (χ0n) is 17.7. The van der Waals surface area contributed by atoms with Gasteiger partial charge in [0.05, 0.1) is 0 Å². The van der Waals surface area contributed by atoms with E-state index in [9.17, 15) is 9.59 Å². The van der Waals surface area contributed by atoms with Gasteiger partial charge in [-0.25, -0.2) is 4.79 Å². The standard InChI is InChI=1S/C22H35N5O2/c1-18(27-14-12-26(2)13-15-27)16-23-20(28)22(10-6-7-11-22)25-21(29)24-17-19-8-4-3-5-9-19/h3-5,8-9,18H,6-7,10-17H2,1-2H3,(H,23,28)(H2,24,25,29). The highest BCUT2D eigenvalue weighted by molar-refractivity contribution is 5.91. The van der Waals surface area contributed by atoms with Crippen molar-refractivity contribution in [1.29, 1.82) is 0 Å². The van der Waals surface area contributed by atoms with Crippen molar-refractivity contribution in [2.75, 3.05) is 39.8 Å². The quantitative estimate of drug-likeness (QED) is 0.648. The summed E-state index contributed by atoms with van der Waals surface area (Å²) in [4.78, 5) is 30.3. The van der Waals surface area contributed by atoms with Gasteiger partial charge in [-0.05, 0) is 32.4 Å². The maximum absolute atomic E-state index is 13.0. The molecule has 7 heteroatoms. The molecule has 1 aromatic carbocycles. The fraction of sp³-hybridized carbons (Fsp3) is 0.636. The molecule has 3 N–H and O–H groups in total. The second kappa shape index (κ2) is 10.1. The molecule has 3 rings (SSSR count). The summed E-state index contributed by atoms with van der Waals surface area (Å²) in [6, 6.07) is 9.79. The van der Waals surface area contributed by atoms with Gasteiger partial charge in [-0.2, -0.15) is 0 Å². The molecule has 0 spiro atoms. The second-order valence-electron chi connectivity index (χ2n) is 8.48. The van der Waals surface area contributed by atoms with Crippen molar-refractivity contribution >= 4 is 11.9 Å². The van der Waals surface area contributed by atoms with Crippen LogP contribution in [0.2, 0.25) is 0 Å². The molecule has 1 aliphatic heterocycles. The predicted octanol–water partition coefficient (Wildman–Crippen LogP) is 1.55. The van der Waals surface area contributed by atoms with Crippen LogP contribution < -0.4 is 16.0 Å². The number of carbonyl (C=O) groups excluding carboxylic acids is 2. The van der Waals surface area contributed by atoms with E-state index in [0.29, 0.717) is 25.9 Å². The summed E-state index contributed by atoms with van der Waals surface area (Å²) < 4.78 is 0. The van der Waals surface area contributed by atoms with E-state index < -0.39 is 5.54 Å². The van der Waals surface area contributed by atoms with Crippen molar-refractivity contribution in [2.24, 2.45) is 0 Å². The number of nitrogens with zero attached hydrogens (tertiary/aromatic N) is 2. The first kappa shape index (κ1) is 21.6. The molecule has 1 saturated carbocycles. The average molecular weight is 402 g/mol. The van der Waals surface area contributed by atoms with E-state index in [1.54, 1.807) is 0 Å². The lowest BCUT2D eigenvalue weighted by Crippen LogP contribution is -2.60. The summed E-state index contributed by atoms with van der Waals surface area (Å²) >= 11 is 0. The molecule has 1 saturated heterocycles.